The average molecular weight is 227 g/mol. The van der Waals surface area contributed by atoms with E-state index in [1.807, 2.05) is 6.92 Å². The van der Waals surface area contributed by atoms with E-state index in [9.17, 15) is 5.11 Å². The maximum atomic E-state index is 9.45. The van der Waals surface area contributed by atoms with Crippen LogP contribution < -0.4 is 5.32 Å². The fraction of sp³-hybridized carbons (Fsp3) is 1.00. The molecular formula is C14H29NO. The first-order chi connectivity index (χ1) is 7.41. The van der Waals surface area contributed by atoms with E-state index in [0.29, 0.717) is 6.04 Å². The summed E-state index contributed by atoms with van der Waals surface area (Å²) in [5.74, 6) is 0.816. The summed E-state index contributed by atoms with van der Waals surface area (Å²) in [4.78, 5) is 0. The molecule has 0 aromatic heterocycles. The largest absolute Gasteiger partial charge is 0.393 e. The van der Waals surface area contributed by atoms with Gasteiger partial charge in [-0.3, -0.25) is 0 Å². The highest BCUT2D eigenvalue weighted by Crippen LogP contribution is 2.26. The molecule has 3 atom stereocenters. The quantitative estimate of drug-likeness (QED) is 0.757. The zero-order chi connectivity index (χ0) is 12.2. The minimum atomic E-state index is -0.194. The third kappa shape index (κ3) is 4.84. The molecule has 2 nitrogen and oxygen atoms in total. The molecule has 1 aliphatic carbocycles. The minimum absolute atomic E-state index is 0.194. The summed E-state index contributed by atoms with van der Waals surface area (Å²) in [5, 5.41) is 13.2. The van der Waals surface area contributed by atoms with E-state index in [1.54, 1.807) is 0 Å². The van der Waals surface area contributed by atoms with Crippen LogP contribution in [0, 0.1) is 11.3 Å². The summed E-state index contributed by atoms with van der Waals surface area (Å²) in [6.45, 7) is 9.73. The van der Waals surface area contributed by atoms with Crippen molar-refractivity contribution in [2.45, 2.75) is 71.9 Å². The molecule has 2 heteroatoms. The Morgan fingerprint density at radius 3 is 2.50 bits per heavy atom. The van der Waals surface area contributed by atoms with Gasteiger partial charge in [-0.1, -0.05) is 33.6 Å². The fourth-order valence-corrected chi connectivity index (χ4v) is 2.90. The molecule has 2 N–H and O–H groups in total. The molecule has 0 amide bonds. The van der Waals surface area contributed by atoms with Crippen LogP contribution >= 0.6 is 0 Å². The third-order valence-corrected chi connectivity index (χ3v) is 3.80. The maximum Gasteiger partial charge on any atom is 0.0517 e. The van der Waals surface area contributed by atoms with Crippen LogP contribution in [-0.2, 0) is 0 Å². The van der Waals surface area contributed by atoms with E-state index in [0.717, 1.165) is 18.9 Å². The standard InChI is InChI=1S/C14H29NO/c1-11-7-5-6-8-13(11)15-10-14(3,4)9-12(2)16/h11-13,15-16H,5-10H2,1-4H3. The van der Waals surface area contributed by atoms with E-state index in [2.05, 4.69) is 26.1 Å². The van der Waals surface area contributed by atoms with E-state index in [1.165, 1.54) is 25.7 Å². The molecule has 16 heavy (non-hydrogen) atoms. The van der Waals surface area contributed by atoms with Crippen LogP contribution in [0.5, 0.6) is 0 Å². The molecule has 0 radical (unpaired) electrons. The smallest absolute Gasteiger partial charge is 0.0517 e. The van der Waals surface area contributed by atoms with Gasteiger partial charge in [0, 0.05) is 12.6 Å². The highest BCUT2D eigenvalue weighted by Gasteiger charge is 2.25. The van der Waals surface area contributed by atoms with Crippen LogP contribution in [-0.4, -0.2) is 23.8 Å². The van der Waals surface area contributed by atoms with Crippen LogP contribution in [0.25, 0.3) is 0 Å². The van der Waals surface area contributed by atoms with Gasteiger partial charge < -0.3 is 10.4 Å². The third-order valence-electron chi connectivity index (χ3n) is 3.80. The Hall–Kier alpha value is -0.0800. The van der Waals surface area contributed by atoms with Crippen molar-refractivity contribution in [2.75, 3.05) is 6.54 Å². The van der Waals surface area contributed by atoms with Crippen LogP contribution in [0.3, 0.4) is 0 Å². The molecule has 0 aromatic rings. The van der Waals surface area contributed by atoms with E-state index < -0.39 is 0 Å². The number of nitrogens with one attached hydrogen (secondary N) is 1. The molecule has 0 aliphatic heterocycles. The lowest BCUT2D eigenvalue weighted by molar-refractivity contribution is 0.122. The fourth-order valence-electron chi connectivity index (χ4n) is 2.90. The van der Waals surface area contributed by atoms with E-state index in [-0.39, 0.29) is 11.5 Å². The second kappa shape index (κ2) is 6.02. The summed E-state index contributed by atoms with van der Waals surface area (Å²) in [7, 11) is 0. The van der Waals surface area contributed by atoms with Crippen LogP contribution in [0.15, 0.2) is 0 Å². The Morgan fingerprint density at radius 2 is 1.94 bits per heavy atom. The second-order valence-electron chi connectivity index (χ2n) is 6.47. The Labute approximate surface area is 101 Å². The molecule has 0 aromatic carbocycles. The number of hydrogen-bond acceptors (Lipinski definition) is 2. The molecule has 1 fully saturated rings. The highest BCUT2D eigenvalue weighted by atomic mass is 16.3. The predicted molar refractivity (Wildman–Crippen MR) is 69.5 cm³/mol. The van der Waals surface area contributed by atoms with Gasteiger partial charge in [-0.2, -0.15) is 0 Å². The molecule has 1 aliphatic rings. The Kier molecular flexibility index (Phi) is 5.26. The van der Waals surface area contributed by atoms with E-state index in [4.69, 9.17) is 0 Å². The Morgan fingerprint density at radius 1 is 1.31 bits per heavy atom. The minimum Gasteiger partial charge on any atom is -0.393 e. The Bertz CT molecular complexity index is 201. The van der Waals surface area contributed by atoms with Crippen molar-refractivity contribution in [3.8, 4) is 0 Å². The summed E-state index contributed by atoms with van der Waals surface area (Å²) < 4.78 is 0. The van der Waals surface area contributed by atoms with Gasteiger partial charge in [-0.15, -0.1) is 0 Å². The van der Waals surface area contributed by atoms with Crippen LogP contribution in [0.1, 0.15) is 59.8 Å². The van der Waals surface area contributed by atoms with E-state index >= 15 is 0 Å². The monoisotopic (exact) mass is 227 g/mol. The van der Waals surface area contributed by atoms with Crippen molar-refractivity contribution in [3.05, 3.63) is 0 Å². The van der Waals surface area contributed by atoms with Crippen LogP contribution in [0.2, 0.25) is 0 Å². The zero-order valence-electron chi connectivity index (χ0n) is 11.4. The van der Waals surface area contributed by atoms with Gasteiger partial charge in [0.1, 0.15) is 0 Å². The SMILES string of the molecule is CC(O)CC(C)(C)CNC1CCCCC1C. The highest BCUT2D eigenvalue weighted by molar-refractivity contribution is 4.82. The molecular weight excluding hydrogens is 198 g/mol. The van der Waals surface area contributed by atoms with Crippen molar-refractivity contribution >= 4 is 0 Å². The first-order valence-electron chi connectivity index (χ1n) is 6.82. The van der Waals surface area contributed by atoms with Gasteiger partial charge in [0.25, 0.3) is 0 Å². The molecule has 0 bridgehead atoms. The second-order valence-corrected chi connectivity index (χ2v) is 6.47. The molecule has 0 heterocycles. The van der Waals surface area contributed by atoms with Crippen molar-refractivity contribution in [1.82, 2.24) is 5.32 Å². The number of rotatable bonds is 5. The first kappa shape index (κ1) is 14.0. The first-order valence-corrected chi connectivity index (χ1v) is 6.82. The van der Waals surface area contributed by atoms with Crippen molar-refractivity contribution in [3.63, 3.8) is 0 Å². The van der Waals surface area contributed by atoms with Gasteiger partial charge in [-0.25, -0.2) is 0 Å². The van der Waals surface area contributed by atoms with Gasteiger partial charge in [0.2, 0.25) is 0 Å². The number of aliphatic hydroxyl groups excluding tert-OH is 1. The summed E-state index contributed by atoms with van der Waals surface area (Å²) in [6.07, 6.45) is 6.15. The molecule has 0 spiro atoms. The van der Waals surface area contributed by atoms with Crippen molar-refractivity contribution in [1.29, 1.82) is 0 Å². The summed E-state index contributed by atoms with van der Waals surface area (Å²) in [5.41, 5.74) is 0.200. The van der Waals surface area contributed by atoms with Gasteiger partial charge in [-0.05, 0) is 37.5 Å². The number of hydrogen-bond donors (Lipinski definition) is 2. The van der Waals surface area contributed by atoms with Gasteiger partial charge in [0.15, 0.2) is 0 Å². The van der Waals surface area contributed by atoms with Gasteiger partial charge >= 0.3 is 0 Å². The Balaban J connectivity index is 2.31. The molecule has 1 rings (SSSR count). The molecule has 0 saturated heterocycles. The summed E-state index contributed by atoms with van der Waals surface area (Å²) >= 11 is 0. The molecule has 1 saturated carbocycles. The summed E-state index contributed by atoms with van der Waals surface area (Å²) in [6, 6.07) is 0.696. The maximum absolute atomic E-state index is 9.45. The lowest BCUT2D eigenvalue weighted by Gasteiger charge is -2.34. The van der Waals surface area contributed by atoms with Crippen LogP contribution in [0.4, 0.5) is 0 Å². The topological polar surface area (TPSA) is 32.3 Å². The lowest BCUT2D eigenvalue weighted by Crippen LogP contribution is -2.42. The van der Waals surface area contributed by atoms with Crippen molar-refractivity contribution in [2.24, 2.45) is 11.3 Å². The molecule has 96 valence electrons. The predicted octanol–water partition coefficient (Wildman–Crippen LogP) is 2.95. The number of aliphatic hydroxyl groups is 1. The molecule has 3 unspecified atom stereocenters. The lowest BCUT2D eigenvalue weighted by atomic mass is 9.83. The van der Waals surface area contributed by atoms with Gasteiger partial charge in [0.05, 0.1) is 6.10 Å². The zero-order valence-corrected chi connectivity index (χ0v) is 11.4. The normalized spacial score (nSPS) is 29.1. The average Bonchev–Trinajstić information content (AvgIpc) is 2.14. The van der Waals surface area contributed by atoms with Crippen molar-refractivity contribution < 1.29 is 5.11 Å².